The van der Waals surface area contributed by atoms with Crippen LogP contribution in [0.15, 0.2) is 48.5 Å². The van der Waals surface area contributed by atoms with Gasteiger partial charge in [-0.15, -0.1) is 0 Å². The quantitative estimate of drug-likeness (QED) is 0.731. The van der Waals surface area contributed by atoms with Gasteiger partial charge in [0.25, 0.3) is 0 Å². The zero-order chi connectivity index (χ0) is 20.7. The molecular weight excluding hydrogens is 372 g/mol. The number of anilines is 1. The molecule has 0 unspecified atom stereocenters. The van der Waals surface area contributed by atoms with Crippen molar-refractivity contribution in [2.45, 2.75) is 18.3 Å². The number of methoxy groups -OCH3 is 2. The minimum Gasteiger partial charge on any atom is -0.497 e. The highest BCUT2D eigenvalue weighted by Crippen LogP contribution is 2.35. The van der Waals surface area contributed by atoms with Crippen LogP contribution in [0.2, 0.25) is 0 Å². The summed E-state index contributed by atoms with van der Waals surface area (Å²) in [6.07, 6.45) is 1.52. The number of carbonyl (C=O) groups is 2. The third-order valence-electron chi connectivity index (χ3n) is 5.30. The Kier molecular flexibility index (Phi) is 6.72. The Balaban J connectivity index is 1.68. The van der Waals surface area contributed by atoms with Gasteiger partial charge in [-0.1, -0.05) is 24.3 Å². The van der Waals surface area contributed by atoms with Crippen molar-refractivity contribution in [3.05, 3.63) is 54.1 Å². The van der Waals surface area contributed by atoms with Crippen molar-refractivity contribution < 1.29 is 23.8 Å². The maximum absolute atomic E-state index is 12.4. The Morgan fingerprint density at radius 2 is 1.66 bits per heavy atom. The van der Waals surface area contributed by atoms with Gasteiger partial charge in [0.15, 0.2) is 0 Å². The molecule has 2 aromatic rings. The normalized spacial score (nSPS) is 15.2. The van der Waals surface area contributed by atoms with Crippen molar-refractivity contribution in [2.75, 3.05) is 39.3 Å². The van der Waals surface area contributed by atoms with Crippen molar-refractivity contribution in [1.29, 1.82) is 0 Å². The molecule has 1 heterocycles. The summed E-state index contributed by atoms with van der Waals surface area (Å²) in [6, 6.07) is 14.8. The van der Waals surface area contributed by atoms with Crippen LogP contribution in [0.3, 0.4) is 0 Å². The number of ether oxygens (including phenoxy) is 3. The van der Waals surface area contributed by atoms with Gasteiger partial charge < -0.3 is 24.8 Å². The zero-order valence-corrected chi connectivity index (χ0v) is 16.7. The van der Waals surface area contributed by atoms with Gasteiger partial charge in [-0.3, -0.25) is 9.59 Å². The summed E-state index contributed by atoms with van der Waals surface area (Å²) < 4.78 is 16.0. The molecule has 1 saturated heterocycles. The first kappa shape index (κ1) is 20.7. The zero-order valence-electron chi connectivity index (χ0n) is 16.7. The first-order chi connectivity index (χ1) is 14.1. The Hall–Kier alpha value is -3.06. The van der Waals surface area contributed by atoms with Gasteiger partial charge >= 0.3 is 11.8 Å². The van der Waals surface area contributed by atoms with E-state index >= 15 is 0 Å². The smallest absolute Gasteiger partial charge is 0.313 e. The van der Waals surface area contributed by atoms with Crippen LogP contribution >= 0.6 is 0 Å². The molecule has 0 saturated carbocycles. The van der Waals surface area contributed by atoms with Crippen molar-refractivity contribution >= 4 is 17.5 Å². The summed E-state index contributed by atoms with van der Waals surface area (Å²) in [4.78, 5) is 24.8. The summed E-state index contributed by atoms with van der Waals surface area (Å²) in [5.74, 6) is -0.148. The molecular formula is C22H26N2O5. The second kappa shape index (κ2) is 9.43. The second-order valence-electron chi connectivity index (χ2n) is 6.96. The lowest BCUT2D eigenvalue weighted by molar-refractivity contribution is -0.136. The predicted octanol–water partition coefficient (Wildman–Crippen LogP) is 2.51. The summed E-state index contributed by atoms with van der Waals surface area (Å²) in [5.41, 5.74) is 1.25. The molecule has 2 aromatic carbocycles. The van der Waals surface area contributed by atoms with Gasteiger partial charge in [-0.2, -0.15) is 0 Å². The summed E-state index contributed by atoms with van der Waals surface area (Å²) in [5, 5.41) is 5.40. The molecule has 0 atom stereocenters. The van der Waals surface area contributed by atoms with Crippen LogP contribution in [0.5, 0.6) is 11.5 Å². The number of benzene rings is 2. The number of hydrogen-bond donors (Lipinski definition) is 2. The molecule has 29 heavy (non-hydrogen) atoms. The summed E-state index contributed by atoms with van der Waals surface area (Å²) in [7, 11) is 3.13. The van der Waals surface area contributed by atoms with Gasteiger partial charge in [0.2, 0.25) is 0 Å². The Bertz CT molecular complexity index is 845. The maximum Gasteiger partial charge on any atom is 0.313 e. The average molecular weight is 398 g/mol. The van der Waals surface area contributed by atoms with Crippen LogP contribution in [-0.2, 0) is 19.7 Å². The number of nitrogens with one attached hydrogen (secondary N) is 2. The molecule has 0 bridgehead atoms. The number of carbonyl (C=O) groups excluding carboxylic acids is 2. The fourth-order valence-electron chi connectivity index (χ4n) is 3.53. The third kappa shape index (κ3) is 4.86. The highest BCUT2D eigenvalue weighted by molar-refractivity contribution is 6.39. The molecule has 1 aliphatic rings. The van der Waals surface area contributed by atoms with Crippen molar-refractivity contribution in [1.82, 2.24) is 5.32 Å². The third-order valence-corrected chi connectivity index (χ3v) is 5.30. The molecule has 3 rings (SSSR count). The Morgan fingerprint density at radius 3 is 2.31 bits per heavy atom. The average Bonchev–Trinajstić information content (AvgIpc) is 2.78. The maximum atomic E-state index is 12.4. The lowest BCUT2D eigenvalue weighted by Crippen LogP contribution is -2.47. The van der Waals surface area contributed by atoms with Crippen LogP contribution in [0, 0.1) is 0 Å². The number of rotatable bonds is 6. The van der Waals surface area contributed by atoms with Crippen LogP contribution in [0.4, 0.5) is 5.69 Å². The van der Waals surface area contributed by atoms with E-state index in [1.54, 1.807) is 31.4 Å². The number of amides is 2. The van der Waals surface area contributed by atoms with E-state index < -0.39 is 11.8 Å². The van der Waals surface area contributed by atoms with E-state index in [9.17, 15) is 9.59 Å². The molecule has 0 spiro atoms. The van der Waals surface area contributed by atoms with E-state index in [4.69, 9.17) is 14.2 Å². The monoisotopic (exact) mass is 398 g/mol. The van der Waals surface area contributed by atoms with Crippen molar-refractivity contribution in [3.8, 4) is 11.5 Å². The first-order valence-electron chi connectivity index (χ1n) is 9.52. The SMILES string of the molecule is COc1ccc(C2(CNC(=O)C(=O)Nc3ccccc3OC)CCOCC2)cc1. The van der Waals surface area contributed by atoms with Gasteiger partial charge in [-0.05, 0) is 42.7 Å². The molecule has 2 amide bonds. The standard InChI is InChI=1S/C22H26N2O5/c1-27-17-9-7-16(8-10-17)22(11-13-29-14-12-22)15-23-20(25)21(26)24-18-5-3-4-6-19(18)28-2/h3-10H,11-15H2,1-2H3,(H,23,25)(H,24,26). The largest absolute Gasteiger partial charge is 0.497 e. The van der Waals surface area contributed by atoms with Crippen LogP contribution < -0.4 is 20.1 Å². The Labute approximate surface area is 170 Å². The molecule has 1 aliphatic heterocycles. The molecule has 154 valence electrons. The van der Waals surface area contributed by atoms with Crippen molar-refractivity contribution in [3.63, 3.8) is 0 Å². The van der Waals surface area contributed by atoms with E-state index in [2.05, 4.69) is 10.6 Å². The lowest BCUT2D eigenvalue weighted by atomic mass is 9.74. The predicted molar refractivity (Wildman–Crippen MR) is 109 cm³/mol. The summed E-state index contributed by atoms with van der Waals surface area (Å²) >= 11 is 0. The van der Waals surface area contributed by atoms with E-state index in [0.717, 1.165) is 24.2 Å². The van der Waals surface area contributed by atoms with E-state index in [1.807, 2.05) is 24.3 Å². The van der Waals surface area contributed by atoms with E-state index in [0.29, 0.717) is 31.2 Å². The highest BCUT2D eigenvalue weighted by atomic mass is 16.5. The fourth-order valence-corrected chi connectivity index (χ4v) is 3.53. The number of para-hydroxylation sites is 2. The minimum atomic E-state index is -0.730. The number of hydrogen-bond acceptors (Lipinski definition) is 5. The Morgan fingerprint density at radius 1 is 0.966 bits per heavy atom. The van der Waals surface area contributed by atoms with Gasteiger partial charge in [0, 0.05) is 25.2 Å². The summed E-state index contributed by atoms with van der Waals surface area (Å²) in [6.45, 7) is 1.56. The van der Waals surface area contributed by atoms with Gasteiger partial charge in [-0.25, -0.2) is 0 Å². The fraction of sp³-hybridized carbons (Fsp3) is 0.364. The van der Waals surface area contributed by atoms with E-state index in [1.165, 1.54) is 7.11 Å². The molecule has 1 fully saturated rings. The van der Waals surface area contributed by atoms with Crippen LogP contribution in [-0.4, -0.2) is 45.8 Å². The van der Waals surface area contributed by atoms with E-state index in [-0.39, 0.29) is 5.41 Å². The van der Waals surface area contributed by atoms with Gasteiger partial charge in [0.05, 0.1) is 19.9 Å². The topological polar surface area (TPSA) is 85.9 Å². The highest BCUT2D eigenvalue weighted by Gasteiger charge is 2.35. The molecule has 7 heteroatoms. The minimum absolute atomic E-state index is 0.287. The van der Waals surface area contributed by atoms with Crippen LogP contribution in [0.25, 0.3) is 0 Å². The molecule has 0 radical (unpaired) electrons. The second-order valence-corrected chi connectivity index (χ2v) is 6.96. The molecule has 0 aliphatic carbocycles. The molecule has 2 N–H and O–H groups in total. The molecule has 7 nitrogen and oxygen atoms in total. The molecule has 0 aromatic heterocycles. The lowest BCUT2D eigenvalue weighted by Gasteiger charge is -2.38. The van der Waals surface area contributed by atoms with Crippen molar-refractivity contribution in [2.24, 2.45) is 0 Å². The van der Waals surface area contributed by atoms with Crippen LogP contribution in [0.1, 0.15) is 18.4 Å². The van der Waals surface area contributed by atoms with Gasteiger partial charge in [0.1, 0.15) is 11.5 Å². The first-order valence-corrected chi connectivity index (χ1v) is 9.52.